The van der Waals surface area contributed by atoms with Crippen LogP contribution in [0.1, 0.15) is 22.5 Å². The van der Waals surface area contributed by atoms with Gasteiger partial charge in [0.2, 0.25) is 0 Å². The lowest BCUT2D eigenvalue weighted by Gasteiger charge is -2.21. The monoisotopic (exact) mass is 318 g/mol. The zero-order valence-corrected chi connectivity index (χ0v) is 13.1. The van der Waals surface area contributed by atoms with Gasteiger partial charge in [-0.15, -0.1) is 0 Å². The molecule has 1 aromatic carbocycles. The van der Waals surface area contributed by atoms with Crippen molar-refractivity contribution in [3.05, 3.63) is 53.1 Å². The second-order valence-corrected chi connectivity index (χ2v) is 5.95. The maximum absolute atomic E-state index is 12.6. The first kappa shape index (κ1) is 15.1. The van der Waals surface area contributed by atoms with E-state index in [1.165, 1.54) is 0 Å². The average molecular weight is 319 g/mol. The van der Waals surface area contributed by atoms with Gasteiger partial charge >= 0.3 is 0 Å². The Balaban J connectivity index is 1.61. The van der Waals surface area contributed by atoms with Gasteiger partial charge in [0.15, 0.2) is 0 Å². The molecular weight excluding hydrogens is 300 g/mol. The molecule has 0 spiro atoms. The molecule has 0 saturated carbocycles. The zero-order valence-electron chi connectivity index (χ0n) is 12.3. The zero-order chi connectivity index (χ0) is 15.4. The van der Waals surface area contributed by atoms with Crippen LogP contribution in [0.5, 0.6) is 0 Å². The van der Waals surface area contributed by atoms with Crippen LogP contribution in [0.3, 0.4) is 0 Å². The number of carbonyl (C=O) groups excluding carboxylic acids is 1. The molecular formula is C16H19ClN4O. The Bertz CT molecular complexity index is 629. The summed E-state index contributed by atoms with van der Waals surface area (Å²) in [6.07, 6.45) is 4.52. The van der Waals surface area contributed by atoms with E-state index in [-0.39, 0.29) is 5.91 Å². The summed E-state index contributed by atoms with van der Waals surface area (Å²) in [6, 6.07) is 7.16. The van der Waals surface area contributed by atoms with Crippen molar-refractivity contribution < 1.29 is 4.79 Å². The van der Waals surface area contributed by atoms with E-state index >= 15 is 0 Å². The number of rotatable bonds is 3. The van der Waals surface area contributed by atoms with Gasteiger partial charge in [0.25, 0.3) is 5.91 Å². The third-order valence-electron chi connectivity index (χ3n) is 3.90. The van der Waals surface area contributed by atoms with Crippen LogP contribution in [0, 0.1) is 0 Å². The summed E-state index contributed by atoms with van der Waals surface area (Å²) in [5.41, 5.74) is 1.77. The summed E-state index contributed by atoms with van der Waals surface area (Å²) < 4.78 is 0. The van der Waals surface area contributed by atoms with Crippen LogP contribution in [-0.4, -0.2) is 51.9 Å². The molecule has 116 valence electrons. The van der Waals surface area contributed by atoms with Crippen LogP contribution in [0.15, 0.2) is 36.8 Å². The van der Waals surface area contributed by atoms with E-state index in [0.29, 0.717) is 10.6 Å². The minimum Gasteiger partial charge on any atom is -0.347 e. The summed E-state index contributed by atoms with van der Waals surface area (Å²) in [7, 11) is 0. The fourth-order valence-corrected chi connectivity index (χ4v) is 2.94. The van der Waals surface area contributed by atoms with Crippen molar-refractivity contribution in [3.8, 4) is 0 Å². The van der Waals surface area contributed by atoms with Gasteiger partial charge in [-0.25, -0.2) is 4.98 Å². The summed E-state index contributed by atoms with van der Waals surface area (Å²) in [5.74, 6) is 0.0610. The minimum atomic E-state index is 0.0610. The molecule has 1 aliphatic rings. The van der Waals surface area contributed by atoms with Crippen molar-refractivity contribution in [3.63, 3.8) is 0 Å². The number of hydrogen-bond donors (Lipinski definition) is 1. The first-order valence-electron chi connectivity index (χ1n) is 7.47. The molecule has 0 atom stereocenters. The number of hydrogen-bond acceptors (Lipinski definition) is 3. The van der Waals surface area contributed by atoms with E-state index < -0.39 is 0 Å². The number of nitrogens with one attached hydrogen (secondary N) is 1. The molecule has 5 nitrogen and oxygen atoms in total. The van der Waals surface area contributed by atoms with Crippen molar-refractivity contribution in [2.45, 2.75) is 13.0 Å². The van der Waals surface area contributed by atoms with E-state index in [9.17, 15) is 4.79 Å². The predicted octanol–water partition coefficient (Wildman–Crippen LogP) is 2.41. The highest BCUT2D eigenvalue weighted by Gasteiger charge is 2.20. The Kier molecular flexibility index (Phi) is 4.75. The number of carbonyl (C=O) groups is 1. The maximum Gasteiger partial charge on any atom is 0.253 e. The number of aromatic amines is 1. The van der Waals surface area contributed by atoms with Gasteiger partial charge in [0.1, 0.15) is 0 Å². The van der Waals surface area contributed by atoms with E-state index in [4.69, 9.17) is 11.6 Å². The van der Waals surface area contributed by atoms with Crippen molar-refractivity contribution in [2.24, 2.45) is 0 Å². The fourth-order valence-electron chi connectivity index (χ4n) is 2.75. The van der Waals surface area contributed by atoms with Crippen molar-refractivity contribution in [2.75, 3.05) is 26.2 Å². The molecule has 1 aromatic heterocycles. The van der Waals surface area contributed by atoms with Crippen LogP contribution in [0.4, 0.5) is 0 Å². The first-order chi connectivity index (χ1) is 10.7. The van der Waals surface area contributed by atoms with Crippen molar-refractivity contribution in [1.29, 1.82) is 0 Å². The van der Waals surface area contributed by atoms with Gasteiger partial charge in [-0.2, -0.15) is 0 Å². The number of amides is 1. The third-order valence-corrected chi connectivity index (χ3v) is 4.13. The van der Waals surface area contributed by atoms with Crippen LogP contribution >= 0.6 is 11.6 Å². The van der Waals surface area contributed by atoms with Crippen molar-refractivity contribution in [1.82, 2.24) is 19.8 Å². The highest BCUT2D eigenvalue weighted by molar-refractivity contribution is 6.30. The van der Waals surface area contributed by atoms with Gasteiger partial charge < -0.3 is 9.88 Å². The topological polar surface area (TPSA) is 52.2 Å². The molecule has 1 fully saturated rings. The minimum absolute atomic E-state index is 0.0610. The summed E-state index contributed by atoms with van der Waals surface area (Å²) >= 11 is 5.97. The van der Waals surface area contributed by atoms with E-state index in [1.807, 2.05) is 23.2 Å². The fraction of sp³-hybridized carbons (Fsp3) is 0.375. The Morgan fingerprint density at radius 3 is 2.95 bits per heavy atom. The SMILES string of the molecule is O=C(c1cccc(Cl)c1)N1CCCN(Cc2cnc[nH]2)CC1. The summed E-state index contributed by atoms with van der Waals surface area (Å²) in [6.45, 7) is 4.22. The lowest BCUT2D eigenvalue weighted by atomic mass is 10.2. The van der Waals surface area contributed by atoms with Crippen LogP contribution in [0.25, 0.3) is 0 Å². The molecule has 6 heteroatoms. The molecule has 1 aliphatic heterocycles. The van der Waals surface area contributed by atoms with Gasteiger partial charge in [-0.1, -0.05) is 17.7 Å². The number of aromatic nitrogens is 2. The predicted molar refractivity (Wildman–Crippen MR) is 85.8 cm³/mol. The molecule has 0 unspecified atom stereocenters. The molecule has 0 bridgehead atoms. The average Bonchev–Trinajstić information content (AvgIpc) is 2.91. The first-order valence-corrected chi connectivity index (χ1v) is 7.84. The molecule has 0 radical (unpaired) electrons. The quantitative estimate of drug-likeness (QED) is 0.945. The van der Waals surface area contributed by atoms with Crippen LogP contribution in [-0.2, 0) is 6.54 Å². The van der Waals surface area contributed by atoms with Gasteiger partial charge in [-0.05, 0) is 24.6 Å². The smallest absolute Gasteiger partial charge is 0.253 e. The maximum atomic E-state index is 12.6. The third kappa shape index (κ3) is 3.67. The number of imidazole rings is 1. The summed E-state index contributed by atoms with van der Waals surface area (Å²) in [4.78, 5) is 24.0. The second kappa shape index (κ2) is 6.94. The van der Waals surface area contributed by atoms with Crippen LogP contribution < -0.4 is 0 Å². The molecule has 0 aliphatic carbocycles. The summed E-state index contributed by atoms with van der Waals surface area (Å²) in [5, 5.41) is 0.599. The molecule has 1 N–H and O–H groups in total. The number of nitrogens with zero attached hydrogens (tertiary/aromatic N) is 3. The van der Waals surface area contributed by atoms with E-state index in [0.717, 1.165) is 44.8 Å². The molecule has 22 heavy (non-hydrogen) atoms. The Morgan fingerprint density at radius 1 is 1.27 bits per heavy atom. The van der Waals surface area contributed by atoms with Gasteiger partial charge in [-0.3, -0.25) is 9.69 Å². The second-order valence-electron chi connectivity index (χ2n) is 5.51. The van der Waals surface area contributed by atoms with Gasteiger partial charge in [0, 0.05) is 55.2 Å². The number of benzene rings is 1. The lowest BCUT2D eigenvalue weighted by molar-refractivity contribution is 0.0761. The van der Waals surface area contributed by atoms with Crippen LogP contribution in [0.2, 0.25) is 5.02 Å². The number of halogens is 1. The lowest BCUT2D eigenvalue weighted by Crippen LogP contribution is -2.35. The molecule has 2 aromatic rings. The van der Waals surface area contributed by atoms with Crippen molar-refractivity contribution >= 4 is 17.5 Å². The molecule has 1 saturated heterocycles. The Labute approximate surface area is 134 Å². The molecule has 3 rings (SSSR count). The molecule has 2 heterocycles. The Morgan fingerprint density at radius 2 is 2.18 bits per heavy atom. The number of H-pyrrole nitrogens is 1. The highest BCUT2D eigenvalue weighted by atomic mass is 35.5. The van der Waals surface area contributed by atoms with E-state index in [1.54, 1.807) is 18.5 Å². The molecule has 1 amide bonds. The Hall–Kier alpha value is -1.85. The van der Waals surface area contributed by atoms with E-state index in [2.05, 4.69) is 14.9 Å². The highest BCUT2D eigenvalue weighted by Crippen LogP contribution is 2.15. The standard InChI is InChI=1S/C16H19ClN4O/c17-14-4-1-3-13(9-14)16(22)21-6-2-5-20(7-8-21)11-15-10-18-12-19-15/h1,3-4,9-10,12H,2,5-8,11H2,(H,18,19). The normalized spacial score (nSPS) is 16.5. The largest absolute Gasteiger partial charge is 0.347 e. The van der Waals surface area contributed by atoms with Gasteiger partial charge in [0.05, 0.1) is 6.33 Å².